The molecular formula is C10H19N3O3. The first kappa shape index (κ1) is 12.9. The summed E-state index contributed by atoms with van der Waals surface area (Å²) in [5.41, 5.74) is 0. The van der Waals surface area contributed by atoms with Crippen LogP contribution in [0.5, 0.6) is 0 Å². The predicted octanol–water partition coefficient (Wildman–Crippen LogP) is -1.69. The number of carbonyl (C=O) groups excluding carboxylic acids is 2. The van der Waals surface area contributed by atoms with Crippen molar-refractivity contribution < 1.29 is 14.7 Å². The Kier molecular flexibility index (Phi) is 5.21. The zero-order valence-corrected chi connectivity index (χ0v) is 9.53. The van der Waals surface area contributed by atoms with Crippen LogP contribution in [0.3, 0.4) is 0 Å². The van der Waals surface area contributed by atoms with Crippen molar-refractivity contribution in [3.63, 3.8) is 0 Å². The molecule has 0 aromatic heterocycles. The molecule has 92 valence electrons. The summed E-state index contributed by atoms with van der Waals surface area (Å²) in [4.78, 5) is 23.9. The molecule has 1 atom stereocenters. The summed E-state index contributed by atoms with van der Waals surface area (Å²) in [5.74, 6) is -0.170. The number of β-amino-alcohol motifs (C(OH)–C–C–N with tert-alkyl or cyclic N) is 1. The first-order chi connectivity index (χ1) is 7.58. The van der Waals surface area contributed by atoms with Crippen LogP contribution >= 0.6 is 0 Å². The van der Waals surface area contributed by atoms with Crippen LogP contribution < -0.4 is 10.6 Å². The Bertz CT molecular complexity index is 258. The monoisotopic (exact) mass is 229 g/mol. The molecule has 0 aromatic rings. The normalized spacial score (nSPS) is 20.8. The van der Waals surface area contributed by atoms with Crippen LogP contribution in [0.25, 0.3) is 0 Å². The van der Waals surface area contributed by atoms with Crippen molar-refractivity contribution in [3.05, 3.63) is 0 Å². The largest absolute Gasteiger partial charge is 0.392 e. The molecule has 1 heterocycles. The van der Waals surface area contributed by atoms with Gasteiger partial charge in [0.2, 0.25) is 11.8 Å². The lowest BCUT2D eigenvalue weighted by Gasteiger charge is -2.14. The van der Waals surface area contributed by atoms with Gasteiger partial charge in [-0.25, -0.2) is 0 Å². The van der Waals surface area contributed by atoms with Gasteiger partial charge in [-0.2, -0.15) is 0 Å². The zero-order chi connectivity index (χ0) is 12.0. The van der Waals surface area contributed by atoms with Crippen LogP contribution in [0.2, 0.25) is 0 Å². The number of carbonyl (C=O) groups is 2. The summed E-state index contributed by atoms with van der Waals surface area (Å²) < 4.78 is 0. The average Bonchev–Trinajstić information content (AvgIpc) is 2.58. The molecule has 1 aliphatic rings. The minimum atomic E-state index is -0.299. The topological polar surface area (TPSA) is 81.7 Å². The van der Waals surface area contributed by atoms with Gasteiger partial charge in [0.25, 0.3) is 0 Å². The van der Waals surface area contributed by atoms with E-state index < -0.39 is 0 Å². The van der Waals surface area contributed by atoms with Crippen LogP contribution in [0.4, 0.5) is 0 Å². The summed E-state index contributed by atoms with van der Waals surface area (Å²) in [6.45, 7) is 3.97. The van der Waals surface area contributed by atoms with Crippen molar-refractivity contribution in [2.45, 2.75) is 19.4 Å². The quantitative estimate of drug-likeness (QED) is 0.491. The molecule has 0 saturated carbocycles. The number of nitrogens with one attached hydrogen (secondary N) is 2. The fourth-order valence-electron chi connectivity index (χ4n) is 1.66. The smallest absolute Gasteiger partial charge is 0.234 e. The first-order valence-electron chi connectivity index (χ1n) is 5.49. The first-order valence-corrected chi connectivity index (χ1v) is 5.49. The van der Waals surface area contributed by atoms with Crippen molar-refractivity contribution in [2.24, 2.45) is 0 Å². The molecule has 1 saturated heterocycles. The molecule has 0 aliphatic carbocycles. The highest BCUT2D eigenvalue weighted by Gasteiger charge is 2.21. The van der Waals surface area contributed by atoms with Crippen LogP contribution in [0, 0.1) is 0 Å². The second-order valence-electron chi connectivity index (χ2n) is 4.01. The molecule has 0 bridgehead atoms. The van der Waals surface area contributed by atoms with Crippen molar-refractivity contribution in [1.29, 1.82) is 0 Å². The Hall–Kier alpha value is -1.14. The van der Waals surface area contributed by atoms with Gasteiger partial charge in [0.05, 0.1) is 12.6 Å². The highest BCUT2D eigenvalue weighted by Crippen LogP contribution is 2.07. The number of amides is 2. The second kappa shape index (κ2) is 6.44. The Morgan fingerprint density at radius 2 is 2.06 bits per heavy atom. The van der Waals surface area contributed by atoms with Gasteiger partial charge in [0.15, 0.2) is 0 Å². The highest BCUT2D eigenvalue weighted by atomic mass is 16.3. The molecule has 0 spiro atoms. The van der Waals surface area contributed by atoms with Gasteiger partial charge >= 0.3 is 0 Å². The van der Waals surface area contributed by atoms with Crippen LogP contribution in [-0.2, 0) is 9.59 Å². The summed E-state index contributed by atoms with van der Waals surface area (Å²) in [6, 6.07) is 0. The van der Waals surface area contributed by atoms with E-state index in [1.807, 2.05) is 4.90 Å². The van der Waals surface area contributed by atoms with Gasteiger partial charge < -0.3 is 15.7 Å². The molecular weight excluding hydrogens is 210 g/mol. The van der Waals surface area contributed by atoms with Crippen molar-refractivity contribution >= 4 is 11.8 Å². The van der Waals surface area contributed by atoms with E-state index in [-0.39, 0.29) is 17.9 Å². The van der Waals surface area contributed by atoms with E-state index in [0.29, 0.717) is 26.2 Å². The Labute approximate surface area is 95.0 Å². The van der Waals surface area contributed by atoms with Gasteiger partial charge in [-0.15, -0.1) is 0 Å². The number of rotatable bonds is 5. The van der Waals surface area contributed by atoms with Crippen molar-refractivity contribution in [3.8, 4) is 0 Å². The second-order valence-corrected chi connectivity index (χ2v) is 4.01. The van der Waals surface area contributed by atoms with Crippen LogP contribution in [-0.4, -0.2) is 60.6 Å². The highest BCUT2D eigenvalue weighted by molar-refractivity contribution is 5.78. The van der Waals surface area contributed by atoms with E-state index >= 15 is 0 Å². The molecule has 1 fully saturated rings. The maximum atomic E-state index is 11.4. The van der Waals surface area contributed by atoms with Crippen molar-refractivity contribution in [1.82, 2.24) is 15.5 Å². The van der Waals surface area contributed by atoms with Gasteiger partial charge in [0.1, 0.15) is 0 Å². The van der Waals surface area contributed by atoms with E-state index in [4.69, 9.17) is 0 Å². The average molecular weight is 229 g/mol. The van der Waals surface area contributed by atoms with Crippen LogP contribution in [0.15, 0.2) is 0 Å². The van der Waals surface area contributed by atoms with Gasteiger partial charge in [-0.05, 0) is 6.42 Å². The minimum Gasteiger partial charge on any atom is -0.392 e. The minimum absolute atomic E-state index is 0.0700. The van der Waals surface area contributed by atoms with E-state index in [0.717, 1.165) is 13.0 Å². The number of nitrogens with zero attached hydrogens (tertiary/aromatic N) is 1. The summed E-state index contributed by atoms with van der Waals surface area (Å²) in [7, 11) is 0. The van der Waals surface area contributed by atoms with Gasteiger partial charge in [0, 0.05) is 33.1 Å². The number of hydrogen-bond acceptors (Lipinski definition) is 4. The molecule has 0 radical (unpaired) electrons. The SMILES string of the molecule is CC(=O)NCCNC(=O)CN1CCC(O)C1. The van der Waals surface area contributed by atoms with E-state index in [1.54, 1.807) is 0 Å². The summed E-state index contributed by atoms with van der Waals surface area (Å²) in [6.07, 6.45) is 0.436. The van der Waals surface area contributed by atoms with Gasteiger partial charge in [-0.3, -0.25) is 14.5 Å². The number of aliphatic hydroxyl groups is 1. The van der Waals surface area contributed by atoms with Gasteiger partial charge in [-0.1, -0.05) is 0 Å². The third-order valence-electron chi connectivity index (χ3n) is 2.44. The van der Waals surface area contributed by atoms with Crippen molar-refractivity contribution in [2.75, 3.05) is 32.7 Å². The fraction of sp³-hybridized carbons (Fsp3) is 0.800. The molecule has 1 unspecified atom stereocenters. The molecule has 3 N–H and O–H groups in total. The third-order valence-corrected chi connectivity index (χ3v) is 2.44. The Morgan fingerprint density at radius 3 is 2.62 bits per heavy atom. The Morgan fingerprint density at radius 1 is 1.38 bits per heavy atom. The maximum Gasteiger partial charge on any atom is 0.234 e. The molecule has 6 heteroatoms. The third kappa shape index (κ3) is 5.09. The molecule has 6 nitrogen and oxygen atoms in total. The fourth-order valence-corrected chi connectivity index (χ4v) is 1.66. The molecule has 1 rings (SSSR count). The Balaban J connectivity index is 2.05. The maximum absolute atomic E-state index is 11.4. The van der Waals surface area contributed by atoms with E-state index in [1.165, 1.54) is 6.92 Å². The lowest BCUT2D eigenvalue weighted by atomic mass is 10.3. The predicted molar refractivity (Wildman–Crippen MR) is 58.8 cm³/mol. The molecule has 1 aliphatic heterocycles. The molecule has 2 amide bonds. The number of likely N-dealkylation sites (tertiary alicyclic amines) is 1. The lowest BCUT2D eigenvalue weighted by molar-refractivity contribution is -0.122. The lowest BCUT2D eigenvalue weighted by Crippen LogP contribution is -2.39. The summed E-state index contributed by atoms with van der Waals surface area (Å²) >= 11 is 0. The molecule has 16 heavy (non-hydrogen) atoms. The number of hydrogen-bond donors (Lipinski definition) is 3. The molecule has 0 aromatic carbocycles. The van der Waals surface area contributed by atoms with Crippen LogP contribution in [0.1, 0.15) is 13.3 Å². The van der Waals surface area contributed by atoms with E-state index in [2.05, 4.69) is 10.6 Å². The van der Waals surface area contributed by atoms with E-state index in [9.17, 15) is 14.7 Å². The number of aliphatic hydroxyl groups excluding tert-OH is 1. The summed E-state index contributed by atoms with van der Waals surface area (Å²) in [5, 5.41) is 14.6. The zero-order valence-electron chi connectivity index (χ0n) is 9.53. The standard InChI is InChI=1S/C10H19N3O3/c1-8(14)11-3-4-12-10(16)7-13-5-2-9(15)6-13/h9,15H,2-7H2,1H3,(H,11,14)(H,12,16).